The highest BCUT2D eigenvalue weighted by molar-refractivity contribution is 7.09. The van der Waals surface area contributed by atoms with Crippen molar-refractivity contribution < 1.29 is 0 Å². The van der Waals surface area contributed by atoms with Gasteiger partial charge in [0.25, 0.3) is 0 Å². The van der Waals surface area contributed by atoms with Gasteiger partial charge in [-0.25, -0.2) is 4.98 Å². The van der Waals surface area contributed by atoms with Gasteiger partial charge in [0.15, 0.2) is 0 Å². The highest BCUT2D eigenvalue weighted by Gasteiger charge is 2.24. The first-order chi connectivity index (χ1) is 9.78. The Morgan fingerprint density at radius 2 is 2.40 bits per heavy atom. The molecule has 1 fully saturated rings. The van der Waals surface area contributed by atoms with Crippen LogP contribution in [-0.4, -0.2) is 23.1 Å². The number of piperidine rings is 1. The number of pyridine rings is 1. The molecule has 2 aromatic heterocycles. The van der Waals surface area contributed by atoms with Crippen LogP contribution in [0.3, 0.4) is 0 Å². The van der Waals surface area contributed by atoms with E-state index in [0.29, 0.717) is 5.92 Å². The monoisotopic (exact) mass is 307 g/mol. The molecule has 1 saturated heterocycles. The molecular formula is C15H18ClN3S. The van der Waals surface area contributed by atoms with Crippen molar-refractivity contribution in [2.75, 3.05) is 18.0 Å². The molecule has 0 amide bonds. The maximum Gasteiger partial charge on any atom is 0.0976 e. The molecule has 3 heterocycles. The summed E-state index contributed by atoms with van der Waals surface area (Å²) < 4.78 is 0. The van der Waals surface area contributed by atoms with Crippen LogP contribution in [0.2, 0.25) is 5.02 Å². The summed E-state index contributed by atoms with van der Waals surface area (Å²) in [5, 5.41) is 4.20. The van der Waals surface area contributed by atoms with Crippen molar-refractivity contribution in [2.45, 2.75) is 32.1 Å². The minimum absolute atomic E-state index is 0.526. The Balaban J connectivity index is 1.78. The summed E-state index contributed by atoms with van der Waals surface area (Å²) in [5.74, 6) is 0.526. The first kappa shape index (κ1) is 13.8. The second kappa shape index (κ2) is 6.10. The number of rotatable bonds is 3. The van der Waals surface area contributed by atoms with Gasteiger partial charge in [-0.1, -0.05) is 18.5 Å². The molecule has 20 heavy (non-hydrogen) atoms. The maximum atomic E-state index is 6.26. The molecule has 0 aliphatic carbocycles. The molecule has 0 N–H and O–H groups in total. The molecule has 0 saturated carbocycles. The Labute approximate surface area is 128 Å². The van der Waals surface area contributed by atoms with Crippen molar-refractivity contribution >= 4 is 28.6 Å². The zero-order chi connectivity index (χ0) is 13.9. The predicted molar refractivity (Wildman–Crippen MR) is 84.9 cm³/mol. The van der Waals surface area contributed by atoms with Gasteiger partial charge in [-0.3, -0.25) is 4.98 Å². The van der Waals surface area contributed by atoms with E-state index in [1.165, 1.54) is 23.5 Å². The largest absolute Gasteiger partial charge is 0.370 e. The van der Waals surface area contributed by atoms with Crippen LogP contribution in [0.4, 0.5) is 5.69 Å². The second-order valence-electron chi connectivity index (χ2n) is 5.14. The van der Waals surface area contributed by atoms with Crippen molar-refractivity contribution in [2.24, 2.45) is 0 Å². The SMILES string of the molecule is CCc1csc(C2CCCN(c3ccncc3Cl)C2)n1. The van der Waals surface area contributed by atoms with Gasteiger partial charge in [0.2, 0.25) is 0 Å². The van der Waals surface area contributed by atoms with Crippen molar-refractivity contribution in [1.29, 1.82) is 0 Å². The summed E-state index contributed by atoms with van der Waals surface area (Å²) in [6.45, 7) is 4.22. The van der Waals surface area contributed by atoms with Crippen LogP contribution in [0, 0.1) is 0 Å². The van der Waals surface area contributed by atoms with Crippen LogP contribution < -0.4 is 4.90 Å². The highest BCUT2D eigenvalue weighted by atomic mass is 35.5. The fraction of sp³-hybridized carbons (Fsp3) is 0.467. The predicted octanol–water partition coefficient (Wildman–Crippen LogP) is 4.14. The molecule has 3 nitrogen and oxygen atoms in total. The lowest BCUT2D eigenvalue weighted by Crippen LogP contribution is -2.34. The summed E-state index contributed by atoms with van der Waals surface area (Å²) in [6, 6.07) is 2.00. The summed E-state index contributed by atoms with van der Waals surface area (Å²) in [4.78, 5) is 11.2. The third-order valence-electron chi connectivity index (χ3n) is 3.79. The lowest BCUT2D eigenvalue weighted by molar-refractivity contribution is 0.508. The molecule has 0 radical (unpaired) electrons. The lowest BCUT2D eigenvalue weighted by Gasteiger charge is -2.34. The topological polar surface area (TPSA) is 29.0 Å². The van der Waals surface area contributed by atoms with Crippen molar-refractivity contribution in [3.05, 3.63) is 39.6 Å². The average molecular weight is 308 g/mol. The lowest BCUT2D eigenvalue weighted by atomic mass is 9.98. The van der Waals surface area contributed by atoms with Crippen molar-refractivity contribution in [1.82, 2.24) is 9.97 Å². The van der Waals surface area contributed by atoms with E-state index in [2.05, 4.69) is 22.2 Å². The molecule has 1 unspecified atom stereocenters. The third-order valence-corrected chi connectivity index (χ3v) is 5.14. The van der Waals surface area contributed by atoms with Gasteiger partial charge in [-0.15, -0.1) is 11.3 Å². The fourth-order valence-electron chi connectivity index (χ4n) is 2.69. The van der Waals surface area contributed by atoms with Gasteiger partial charge >= 0.3 is 0 Å². The van der Waals surface area contributed by atoms with Crippen LogP contribution in [0.25, 0.3) is 0 Å². The van der Waals surface area contributed by atoms with Crippen LogP contribution in [0.5, 0.6) is 0 Å². The Hall–Kier alpha value is -1.13. The molecule has 106 valence electrons. The fourth-order valence-corrected chi connectivity index (χ4v) is 3.96. The Morgan fingerprint density at radius 1 is 1.50 bits per heavy atom. The molecule has 0 bridgehead atoms. The smallest absolute Gasteiger partial charge is 0.0976 e. The summed E-state index contributed by atoms with van der Waals surface area (Å²) in [5.41, 5.74) is 2.31. The van der Waals surface area contributed by atoms with E-state index in [-0.39, 0.29) is 0 Å². The molecule has 1 aliphatic rings. The average Bonchev–Trinajstić information content (AvgIpc) is 2.97. The quantitative estimate of drug-likeness (QED) is 0.853. The summed E-state index contributed by atoms with van der Waals surface area (Å²) in [6.07, 6.45) is 6.95. The van der Waals surface area contributed by atoms with Crippen molar-refractivity contribution in [3.8, 4) is 0 Å². The molecule has 2 aromatic rings. The second-order valence-corrected chi connectivity index (χ2v) is 6.44. The van der Waals surface area contributed by atoms with Crippen LogP contribution in [-0.2, 0) is 6.42 Å². The number of aromatic nitrogens is 2. The molecular weight excluding hydrogens is 290 g/mol. The van der Waals surface area contributed by atoms with Gasteiger partial charge in [-0.05, 0) is 25.3 Å². The Morgan fingerprint density at radius 3 is 3.15 bits per heavy atom. The van der Waals surface area contributed by atoms with E-state index in [0.717, 1.165) is 30.2 Å². The van der Waals surface area contributed by atoms with E-state index in [4.69, 9.17) is 16.6 Å². The normalized spacial score (nSPS) is 19.3. The number of hydrogen-bond donors (Lipinski definition) is 0. The van der Waals surface area contributed by atoms with Gasteiger partial charge in [0, 0.05) is 36.8 Å². The van der Waals surface area contributed by atoms with E-state index in [1.54, 1.807) is 17.5 Å². The Kier molecular flexibility index (Phi) is 4.22. The van der Waals surface area contributed by atoms with Crippen molar-refractivity contribution in [3.63, 3.8) is 0 Å². The van der Waals surface area contributed by atoms with Gasteiger partial charge < -0.3 is 4.90 Å². The van der Waals surface area contributed by atoms with E-state index in [1.807, 2.05) is 12.3 Å². The molecule has 3 rings (SSSR count). The minimum atomic E-state index is 0.526. The number of hydrogen-bond acceptors (Lipinski definition) is 4. The van der Waals surface area contributed by atoms with E-state index >= 15 is 0 Å². The van der Waals surface area contributed by atoms with Crippen LogP contribution in [0.1, 0.15) is 36.4 Å². The molecule has 0 spiro atoms. The number of halogens is 1. The maximum absolute atomic E-state index is 6.26. The Bertz CT molecular complexity index is 584. The summed E-state index contributed by atoms with van der Waals surface area (Å²) in [7, 11) is 0. The molecule has 5 heteroatoms. The number of anilines is 1. The van der Waals surface area contributed by atoms with Gasteiger partial charge in [0.1, 0.15) is 0 Å². The van der Waals surface area contributed by atoms with E-state index in [9.17, 15) is 0 Å². The zero-order valence-electron chi connectivity index (χ0n) is 11.6. The molecule has 0 aromatic carbocycles. The van der Waals surface area contributed by atoms with Crippen LogP contribution in [0.15, 0.2) is 23.8 Å². The minimum Gasteiger partial charge on any atom is -0.370 e. The highest BCUT2D eigenvalue weighted by Crippen LogP contribution is 2.34. The number of thiazole rings is 1. The molecule has 1 aliphatic heterocycles. The first-order valence-corrected chi connectivity index (χ1v) is 8.32. The first-order valence-electron chi connectivity index (χ1n) is 7.06. The number of nitrogens with zero attached hydrogens (tertiary/aromatic N) is 3. The standard InChI is InChI=1S/C15H18ClN3S/c1-2-12-10-20-15(18-12)11-4-3-7-19(9-11)14-5-6-17-8-13(14)16/h5-6,8,10-11H,2-4,7,9H2,1H3. The number of aryl methyl sites for hydroxylation is 1. The summed E-state index contributed by atoms with van der Waals surface area (Å²) >= 11 is 8.06. The molecule has 1 atom stereocenters. The van der Waals surface area contributed by atoms with Gasteiger partial charge in [0.05, 0.1) is 21.4 Å². The van der Waals surface area contributed by atoms with Crippen LogP contribution >= 0.6 is 22.9 Å². The third kappa shape index (κ3) is 2.81. The zero-order valence-corrected chi connectivity index (χ0v) is 13.1. The van der Waals surface area contributed by atoms with Gasteiger partial charge in [-0.2, -0.15) is 0 Å². The van der Waals surface area contributed by atoms with E-state index < -0.39 is 0 Å².